The highest BCUT2D eigenvalue weighted by atomic mass is 16.5. The lowest BCUT2D eigenvalue weighted by Gasteiger charge is -2.14. The van der Waals surface area contributed by atoms with E-state index in [1.54, 1.807) is 6.92 Å². The van der Waals surface area contributed by atoms with E-state index in [0.717, 1.165) is 24.8 Å². The third kappa shape index (κ3) is 4.98. The number of ether oxygens (including phenoxy) is 1. The van der Waals surface area contributed by atoms with E-state index in [2.05, 4.69) is 6.92 Å². The molecule has 1 unspecified atom stereocenters. The molecule has 3 heteroatoms. The van der Waals surface area contributed by atoms with Gasteiger partial charge in [0.05, 0.1) is 6.61 Å². The maximum Gasteiger partial charge on any atom is 0.333 e. The van der Waals surface area contributed by atoms with Crippen molar-refractivity contribution in [3.63, 3.8) is 0 Å². The van der Waals surface area contributed by atoms with Crippen LogP contribution >= 0.6 is 0 Å². The summed E-state index contributed by atoms with van der Waals surface area (Å²) >= 11 is 0. The van der Waals surface area contributed by atoms with E-state index in [1.165, 1.54) is 0 Å². The van der Waals surface area contributed by atoms with Crippen LogP contribution in [0.4, 0.5) is 0 Å². The minimum Gasteiger partial charge on any atom is -0.462 e. The molecule has 0 aromatic heterocycles. The van der Waals surface area contributed by atoms with Crippen molar-refractivity contribution in [2.45, 2.75) is 53.0 Å². The number of rotatable bonds is 6. The molecule has 0 aromatic rings. The van der Waals surface area contributed by atoms with E-state index in [0.29, 0.717) is 12.2 Å². The van der Waals surface area contributed by atoms with Crippen molar-refractivity contribution >= 4 is 5.97 Å². The average molecular weight is 213 g/mol. The standard InChI is InChI=1S/C12H23NO2/c1-5-7-11(10(4)13)9(3)12(14)15-8-6-2/h10H,5-8,13H2,1-4H3. The van der Waals surface area contributed by atoms with Gasteiger partial charge in [-0.2, -0.15) is 0 Å². The number of nitrogens with two attached hydrogens (primary N) is 1. The van der Waals surface area contributed by atoms with E-state index in [9.17, 15) is 4.79 Å². The molecule has 0 aliphatic carbocycles. The van der Waals surface area contributed by atoms with E-state index in [1.807, 2.05) is 13.8 Å². The van der Waals surface area contributed by atoms with Crippen molar-refractivity contribution in [1.82, 2.24) is 0 Å². The number of carbonyl (C=O) groups is 1. The molecule has 0 saturated heterocycles. The van der Waals surface area contributed by atoms with Gasteiger partial charge in [0.15, 0.2) is 0 Å². The molecule has 0 aromatic carbocycles. The van der Waals surface area contributed by atoms with Gasteiger partial charge >= 0.3 is 5.97 Å². The number of carbonyl (C=O) groups excluding carboxylic acids is 1. The molecule has 0 fully saturated rings. The fourth-order valence-electron chi connectivity index (χ4n) is 1.46. The van der Waals surface area contributed by atoms with Crippen LogP contribution in [0.2, 0.25) is 0 Å². The Kier molecular flexibility index (Phi) is 7.05. The highest BCUT2D eigenvalue weighted by molar-refractivity contribution is 5.88. The Morgan fingerprint density at radius 3 is 2.33 bits per heavy atom. The molecule has 0 saturated carbocycles. The Morgan fingerprint density at radius 1 is 1.33 bits per heavy atom. The second kappa shape index (κ2) is 7.46. The smallest absolute Gasteiger partial charge is 0.333 e. The third-order valence-electron chi connectivity index (χ3n) is 2.29. The van der Waals surface area contributed by atoms with Crippen molar-refractivity contribution < 1.29 is 9.53 Å². The largest absolute Gasteiger partial charge is 0.462 e. The molecule has 0 rings (SSSR count). The minimum absolute atomic E-state index is 0.0703. The minimum atomic E-state index is -0.224. The van der Waals surface area contributed by atoms with E-state index < -0.39 is 0 Å². The first-order chi connectivity index (χ1) is 7.04. The monoisotopic (exact) mass is 213 g/mol. The average Bonchev–Trinajstić information content (AvgIpc) is 2.21. The zero-order chi connectivity index (χ0) is 11.8. The summed E-state index contributed by atoms with van der Waals surface area (Å²) in [6, 6.07) is -0.0703. The second-order valence-corrected chi connectivity index (χ2v) is 3.82. The molecule has 3 nitrogen and oxygen atoms in total. The Morgan fingerprint density at radius 2 is 1.93 bits per heavy atom. The molecule has 0 radical (unpaired) electrons. The van der Waals surface area contributed by atoms with Gasteiger partial charge in [-0.25, -0.2) is 4.79 Å². The highest BCUT2D eigenvalue weighted by Crippen LogP contribution is 2.15. The number of esters is 1. The number of hydrogen-bond donors (Lipinski definition) is 1. The quantitative estimate of drug-likeness (QED) is 0.544. The first kappa shape index (κ1) is 14.2. The van der Waals surface area contributed by atoms with Gasteiger partial charge in [0.2, 0.25) is 0 Å². The zero-order valence-corrected chi connectivity index (χ0v) is 10.3. The zero-order valence-electron chi connectivity index (χ0n) is 10.3. The Bertz CT molecular complexity index is 232. The van der Waals surface area contributed by atoms with Gasteiger partial charge in [0.1, 0.15) is 0 Å². The van der Waals surface area contributed by atoms with Crippen LogP contribution in [0.25, 0.3) is 0 Å². The first-order valence-electron chi connectivity index (χ1n) is 5.66. The fourth-order valence-corrected chi connectivity index (χ4v) is 1.46. The Hall–Kier alpha value is -0.830. The summed E-state index contributed by atoms with van der Waals surface area (Å²) in [7, 11) is 0. The predicted molar refractivity (Wildman–Crippen MR) is 62.5 cm³/mol. The van der Waals surface area contributed by atoms with Gasteiger partial charge in [-0.15, -0.1) is 0 Å². The highest BCUT2D eigenvalue weighted by Gasteiger charge is 2.14. The molecule has 88 valence electrons. The molecule has 0 amide bonds. The van der Waals surface area contributed by atoms with Crippen LogP contribution < -0.4 is 5.73 Å². The van der Waals surface area contributed by atoms with Crippen LogP contribution in [0.5, 0.6) is 0 Å². The van der Waals surface area contributed by atoms with E-state index >= 15 is 0 Å². The molecule has 1 atom stereocenters. The summed E-state index contributed by atoms with van der Waals surface area (Å²) in [6.07, 6.45) is 2.71. The van der Waals surface area contributed by atoms with Crippen LogP contribution in [0.3, 0.4) is 0 Å². The van der Waals surface area contributed by atoms with Gasteiger partial charge in [-0.1, -0.05) is 20.3 Å². The molecule has 0 bridgehead atoms. The Labute approximate surface area is 92.7 Å². The molecule has 0 aliphatic rings. The van der Waals surface area contributed by atoms with Crippen molar-refractivity contribution in [3.05, 3.63) is 11.1 Å². The van der Waals surface area contributed by atoms with Crippen molar-refractivity contribution in [3.8, 4) is 0 Å². The lowest BCUT2D eigenvalue weighted by molar-refractivity contribution is -0.139. The van der Waals surface area contributed by atoms with Crippen LogP contribution in [-0.2, 0) is 9.53 Å². The third-order valence-corrected chi connectivity index (χ3v) is 2.29. The van der Waals surface area contributed by atoms with Crippen molar-refractivity contribution in [2.75, 3.05) is 6.61 Å². The van der Waals surface area contributed by atoms with Gasteiger partial charge < -0.3 is 10.5 Å². The van der Waals surface area contributed by atoms with Gasteiger partial charge in [-0.05, 0) is 32.3 Å². The maximum absolute atomic E-state index is 11.6. The molecule has 0 spiro atoms. The van der Waals surface area contributed by atoms with Gasteiger partial charge in [0, 0.05) is 11.6 Å². The van der Waals surface area contributed by atoms with Crippen LogP contribution in [0.1, 0.15) is 47.0 Å². The first-order valence-corrected chi connectivity index (χ1v) is 5.66. The fraction of sp³-hybridized carbons (Fsp3) is 0.750. The summed E-state index contributed by atoms with van der Waals surface area (Å²) < 4.78 is 5.08. The normalized spacial score (nSPS) is 14.5. The Balaban J connectivity index is 4.60. The van der Waals surface area contributed by atoms with Crippen molar-refractivity contribution in [2.24, 2.45) is 5.73 Å². The summed E-state index contributed by atoms with van der Waals surface area (Å²) in [4.78, 5) is 11.6. The molecule has 15 heavy (non-hydrogen) atoms. The van der Waals surface area contributed by atoms with Gasteiger partial charge in [0.25, 0.3) is 0 Å². The molecular weight excluding hydrogens is 190 g/mol. The summed E-state index contributed by atoms with van der Waals surface area (Å²) in [6.45, 7) is 8.24. The van der Waals surface area contributed by atoms with Crippen LogP contribution in [0, 0.1) is 0 Å². The summed E-state index contributed by atoms with van der Waals surface area (Å²) in [5.41, 5.74) is 7.52. The van der Waals surface area contributed by atoms with Gasteiger partial charge in [-0.3, -0.25) is 0 Å². The lowest BCUT2D eigenvalue weighted by atomic mass is 9.99. The maximum atomic E-state index is 11.6. The summed E-state index contributed by atoms with van der Waals surface area (Å²) in [5.74, 6) is -0.224. The van der Waals surface area contributed by atoms with Crippen molar-refractivity contribution in [1.29, 1.82) is 0 Å². The molecule has 2 N–H and O–H groups in total. The van der Waals surface area contributed by atoms with E-state index in [4.69, 9.17) is 10.5 Å². The van der Waals surface area contributed by atoms with Crippen LogP contribution in [-0.4, -0.2) is 18.6 Å². The summed E-state index contributed by atoms with van der Waals surface area (Å²) in [5, 5.41) is 0. The topological polar surface area (TPSA) is 52.3 Å². The van der Waals surface area contributed by atoms with E-state index in [-0.39, 0.29) is 12.0 Å². The predicted octanol–water partition coefficient (Wildman–Crippen LogP) is 2.40. The SMILES string of the molecule is CCCOC(=O)C(C)=C(CCC)C(C)N. The lowest BCUT2D eigenvalue weighted by Crippen LogP contribution is -2.22. The molecule has 0 heterocycles. The number of hydrogen-bond acceptors (Lipinski definition) is 3. The van der Waals surface area contributed by atoms with Crippen LogP contribution in [0.15, 0.2) is 11.1 Å². The molecular formula is C12H23NO2. The second-order valence-electron chi connectivity index (χ2n) is 3.82. The molecule has 0 aliphatic heterocycles.